The second-order valence-electron chi connectivity index (χ2n) is 9.04. The van der Waals surface area contributed by atoms with Crippen LogP contribution in [0.4, 0.5) is 0 Å². The maximum atomic E-state index is 13.2. The SMILES string of the molecule is CC1CC=NC1C(=O)NCCCCC(N)C1=NC2(c3ccccc3Cl)CCCC(O1)C2=O. The van der Waals surface area contributed by atoms with Crippen LogP contribution in [0.5, 0.6) is 0 Å². The summed E-state index contributed by atoms with van der Waals surface area (Å²) in [4.78, 5) is 34.4. The fourth-order valence-corrected chi connectivity index (χ4v) is 5.11. The summed E-state index contributed by atoms with van der Waals surface area (Å²) >= 11 is 6.45. The number of carbonyl (C=O) groups is 2. The summed E-state index contributed by atoms with van der Waals surface area (Å²) in [5, 5.41) is 3.50. The highest BCUT2D eigenvalue weighted by Crippen LogP contribution is 2.44. The number of hydrogen-bond donors (Lipinski definition) is 2. The number of halogens is 1. The maximum absolute atomic E-state index is 13.2. The van der Waals surface area contributed by atoms with Crippen molar-refractivity contribution < 1.29 is 14.3 Å². The lowest BCUT2D eigenvalue weighted by molar-refractivity contribution is -0.137. The predicted molar refractivity (Wildman–Crippen MR) is 125 cm³/mol. The molecule has 0 aromatic heterocycles. The third kappa shape index (κ3) is 4.46. The van der Waals surface area contributed by atoms with Gasteiger partial charge in [-0.15, -0.1) is 0 Å². The molecule has 7 nitrogen and oxygen atoms in total. The summed E-state index contributed by atoms with van der Waals surface area (Å²) < 4.78 is 5.94. The Balaban J connectivity index is 1.36. The summed E-state index contributed by atoms with van der Waals surface area (Å²) in [6.45, 7) is 2.62. The zero-order chi connectivity index (χ0) is 22.7. The first-order valence-electron chi connectivity index (χ1n) is 11.5. The number of benzene rings is 1. The van der Waals surface area contributed by atoms with E-state index in [4.69, 9.17) is 27.1 Å². The second kappa shape index (κ2) is 9.71. The van der Waals surface area contributed by atoms with Crippen molar-refractivity contribution in [3.8, 4) is 0 Å². The van der Waals surface area contributed by atoms with Gasteiger partial charge in [0.2, 0.25) is 17.6 Å². The number of aliphatic imine (C=N–C) groups is 2. The molecule has 1 aromatic carbocycles. The molecule has 1 aromatic rings. The summed E-state index contributed by atoms with van der Waals surface area (Å²) in [5.74, 6) is 0.660. The topological polar surface area (TPSA) is 106 Å². The molecule has 2 aliphatic heterocycles. The molecule has 1 aliphatic carbocycles. The van der Waals surface area contributed by atoms with Crippen LogP contribution >= 0.6 is 11.6 Å². The molecule has 3 aliphatic rings. The van der Waals surface area contributed by atoms with Crippen molar-refractivity contribution in [1.82, 2.24) is 5.32 Å². The number of amides is 1. The van der Waals surface area contributed by atoms with Crippen molar-refractivity contribution in [2.75, 3.05) is 6.54 Å². The third-order valence-corrected chi connectivity index (χ3v) is 7.03. The Labute approximate surface area is 193 Å². The fraction of sp³-hybridized carbons (Fsp3) is 0.583. The number of nitrogens with zero attached hydrogens (tertiary/aromatic N) is 2. The van der Waals surface area contributed by atoms with Gasteiger partial charge in [-0.3, -0.25) is 14.6 Å². The smallest absolute Gasteiger partial charge is 0.245 e. The average molecular weight is 459 g/mol. The van der Waals surface area contributed by atoms with Crippen LogP contribution in [0.15, 0.2) is 34.3 Å². The van der Waals surface area contributed by atoms with E-state index in [1.807, 2.05) is 31.3 Å². The van der Waals surface area contributed by atoms with Gasteiger partial charge in [0.15, 0.2) is 11.6 Å². The van der Waals surface area contributed by atoms with Gasteiger partial charge in [0.1, 0.15) is 6.04 Å². The van der Waals surface area contributed by atoms with Crippen LogP contribution in [-0.4, -0.2) is 48.5 Å². The molecule has 4 rings (SSSR count). The summed E-state index contributed by atoms with van der Waals surface area (Å²) in [6.07, 6.45) is 6.56. The Morgan fingerprint density at radius 2 is 2.19 bits per heavy atom. The van der Waals surface area contributed by atoms with Gasteiger partial charge in [0.05, 0.1) is 6.04 Å². The second-order valence-corrected chi connectivity index (χ2v) is 9.44. The Bertz CT molecular complexity index is 934. The molecule has 8 heteroatoms. The van der Waals surface area contributed by atoms with E-state index in [0.717, 1.165) is 31.2 Å². The van der Waals surface area contributed by atoms with Gasteiger partial charge < -0.3 is 15.8 Å². The number of nitrogens with one attached hydrogen (secondary N) is 1. The van der Waals surface area contributed by atoms with E-state index < -0.39 is 17.7 Å². The molecule has 1 fully saturated rings. The zero-order valence-corrected chi connectivity index (χ0v) is 19.2. The van der Waals surface area contributed by atoms with E-state index in [2.05, 4.69) is 10.3 Å². The van der Waals surface area contributed by atoms with Crippen LogP contribution < -0.4 is 11.1 Å². The minimum absolute atomic E-state index is 0.0106. The molecule has 2 heterocycles. The molecule has 0 spiro atoms. The van der Waals surface area contributed by atoms with Crippen molar-refractivity contribution in [1.29, 1.82) is 0 Å². The Morgan fingerprint density at radius 1 is 1.38 bits per heavy atom. The van der Waals surface area contributed by atoms with E-state index in [0.29, 0.717) is 36.7 Å². The number of ketones is 1. The lowest BCUT2D eigenvalue weighted by Gasteiger charge is -2.42. The monoisotopic (exact) mass is 458 g/mol. The Kier molecular flexibility index (Phi) is 6.96. The van der Waals surface area contributed by atoms with Crippen LogP contribution in [0, 0.1) is 5.92 Å². The highest BCUT2D eigenvalue weighted by molar-refractivity contribution is 6.32. The van der Waals surface area contributed by atoms with E-state index in [1.54, 1.807) is 6.07 Å². The lowest BCUT2D eigenvalue weighted by atomic mass is 9.73. The lowest BCUT2D eigenvalue weighted by Crippen LogP contribution is -2.54. The molecule has 3 N–H and O–H groups in total. The van der Waals surface area contributed by atoms with Gasteiger partial charge in [0.25, 0.3) is 0 Å². The predicted octanol–water partition coefficient (Wildman–Crippen LogP) is 3.18. The maximum Gasteiger partial charge on any atom is 0.245 e. The zero-order valence-electron chi connectivity index (χ0n) is 18.4. The first-order chi connectivity index (χ1) is 15.4. The largest absolute Gasteiger partial charge is 0.468 e. The molecule has 172 valence electrons. The number of carbonyl (C=O) groups excluding carboxylic acids is 2. The number of rotatable bonds is 8. The minimum Gasteiger partial charge on any atom is -0.468 e. The summed E-state index contributed by atoms with van der Waals surface area (Å²) in [6, 6.07) is 6.73. The van der Waals surface area contributed by atoms with Crippen LogP contribution in [0.25, 0.3) is 0 Å². The van der Waals surface area contributed by atoms with Gasteiger partial charge in [-0.2, -0.15) is 0 Å². The van der Waals surface area contributed by atoms with E-state index >= 15 is 0 Å². The van der Waals surface area contributed by atoms with Gasteiger partial charge in [0, 0.05) is 23.3 Å². The quantitative estimate of drug-likeness (QED) is 0.583. The minimum atomic E-state index is -1.00. The molecule has 5 unspecified atom stereocenters. The number of Topliss-reactive ketones (excluding diaryl/α,β-unsaturated/α-hetero) is 1. The van der Waals surface area contributed by atoms with Gasteiger partial charge in [-0.05, 0) is 56.9 Å². The number of hydrogen-bond acceptors (Lipinski definition) is 6. The molecular weight excluding hydrogens is 428 g/mol. The number of unbranched alkanes of at least 4 members (excludes halogenated alkanes) is 1. The normalized spacial score (nSPS) is 29.9. The van der Waals surface area contributed by atoms with Crippen LogP contribution in [0.1, 0.15) is 57.4 Å². The molecule has 1 amide bonds. The third-order valence-electron chi connectivity index (χ3n) is 6.70. The molecule has 5 atom stereocenters. The first kappa shape index (κ1) is 22.9. The van der Waals surface area contributed by atoms with Crippen LogP contribution in [-0.2, 0) is 19.9 Å². The van der Waals surface area contributed by atoms with Gasteiger partial charge in [-0.25, -0.2) is 4.99 Å². The van der Waals surface area contributed by atoms with Crippen molar-refractivity contribution in [3.05, 3.63) is 34.9 Å². The van der Waals surface area contributed by atoms with Crippen molar-refractivity contribution in [2.24, 2.45) is 21.6 Å². The van der Waals surface area contributed by atoms with Crippen LogP contribution in [0.3, 0.4) is 0 Å². The van der Waals surface area contributed by atoms with E-state index in [-0.39, 0.29) is 23.7 Å². The molecule has 1 saturated carbocycles. The van der Waals surface area contributed by atoms with Crippen molar-refractivity contribution in [2.45, 2.75) is 75.6 Å². The highest BCUT2D eigenvalue weighted by Gasteiger charge is 2.52. The number of nitrogens with two attached hydrogens (primary N) is 1. The highest BCUT2D eigenvalue weighted by atomic mass is 35.5. The number of ether oxygens (including phenoxy) is 1. The Hall–Kier alpha value is -2.25. The molecule has 32 heavy (non-hydrogen) atoms. The first-order valence-corrected chi connectivity index (χ1v) is 11.9. The fourth-order valence-electron chi connectivity index (χ4n) is 4.81. The standard InChI is InChI=1S/C24H31ClN4O3/c1-15-11-14-27-20(15)22(31)28-13-5-4-9-18(26)23-29-24(16-7-2-3-8-17(16)25)12-6-10-19(32-23)21(24)30/h2-3,7-8,14-15,18-20H,4-6,9-13,26H2,1H3,(H,28,31). The molecule has 0 saturated heterocycles. The van der Waals surface area contributed by atoms with Gasteiger partial charge >= 0.3 is 0 Å². The summed E-state index contributed by atoms with van der Waals surface area (Å²) in [7, 11) is 0. The average Bonchev–Trinajstić information content (AvgIpc) is 3.20. The summed E-state index contributed by atoms with van der Waals surface area (Å²) in [5.41, 5.74) is 6.16. The molecule has 0 radical (unpaired) electrons. The van der Waals surface area contributed by atoms with Crippen molar-refractivity contribution in [3.63, 3.8) is 0 Å². The van der Waals surface area contributed by atoms with Crippen molar-refractivity contribution >= 4 is 35.4 Å². The molecule has 2 bridgehead atoms. The number of fused-ring (bicyclic) bond motifs is 2. The Morgan fingerprint density at radius 3 is 2.94 bits per heavy atom. The van der Waals surface area contributed by atoms with Crippen LogP contribution in [0.2, 0.25) is 5.02 Å². The van der Waals surface area contributed by atoms with Gasteiger partial charge in [-0.1, -0.05) is 36.7 Å². The molecular formula is C24H31ClN4O3. The van der Waals surface area contributed by atoms with E-state index in [1.165, 1.54) is 0 Å². The van der Waals surface area contributed by atoms with E-state index in [9.17, 15) is 9.59 Å².